The highest BCUT2D eigenvalue weighted by Gasteiger charge is 2.42. The second kappa shape index (κ2) is 8.47. The molecule has 1 amide bonds. The molecule has 4 aromatic rings. The van der Waals surface area contributed by atoms with E-state index >= 15 is 0 Å². The molecule has 168 valence electrons. The van der Waals surface area contributed by atoms with Crippen LogP contribution < -0.4 is 10.2 Å². The second-order valence-corrected chi connectivity index (χ2v) is 9.52. The van der Waals surface area contributed by atoms with Crippen molar-refractivity contribution in [2.75, 3.05) is 10.2 Å². The van der Waals surface area contributed by atoms with E-state index in [1.165, 1.54) is 0 Å². The third-order valence-corrected chi connectivity index (χ3v) is 7.41. The molecule has 6 heteroatoms. The number of rotatable bonds is 3. The molecule has 3 heterocycles. The van der Waals surface area contributed by atoms with Gasteiger partial charge in [0.25, 0.3) is 5.91 Å². The maximum atomic E-state index is 14.0. The molecular formula is C28H22N2O3S. The number of fused-ring (bicyclic) bond motifs is 1. The number of amides is 1. The monoisotopic (exact) mass is 466 g/mol. The molecule has 6 rings (SSSR count). The Morgan fingerprint density at radius 3 is 2.53 bits per heavy atom. The van der Waals surface area contributed by atoms with Gasteiger partial charge in [-0.15, -0.1) is 11.3 Å². The molecule has 0 saturated heterocycles. The van der Waals surface area contributed by atoms with E-state index in [0.29, 0.717) is 24.0 Å². The first-order chi connectivity index (χ1) is 16.7. The van der Waals surface area contributed by atoms with Crippen LogP contribution in [0, 0.1) is 0 Å². The van der Waals surface area contributed by atoms with E-state index in [0.717, 1.165) is 27.7 Å². The fourth-order valence-electron chi connectivity index (χ4n) is 4.97. The SMILES string of the molecule is O=C1C[C@H](c2ccco2)CC2=C1[C@@H](c1cccs1)N(C(=O)c1ccccc1)c1ccccc1N2. The standard InChI is InChI=1S/C28H22N2O3S/c31-23-17-19(24-12-6-14-33-24)16-21-26(23)27(25-13-7-15-34-25)30(22-11-5-4-10-20(22)29-21)28(32)18-8-2-1-3-9-18/h1-15,19,27,29H,16-17H2/t19-,27-/m1/s1. The summed E-state index contributed by atoms with van der Waals surface area (Å²) >= 11 is 1.56. The number of ketones is 1. The van der Waals surface area contributed by atoms with Crippen molar-refractivity contribution in [3.05, 3.63) is 118 Å². The van der Waals surface area contributed by atoms with Gasteiger partial charge in [-0.2, -0.15) is 0 Å². The molecule has 5 nitrogen and oxygen atoms in total. The maximum absolute atomic E-state index is 14.0. The van der Waals surface area contributed by atoms with Gasteiger partial charge in [-0.05, 0) is 54.3 Å². The topological polar surface area (TPSA) is 62.6 Å². The predicted octanol–water partition coefficient (Wildman–Crippen LogP) is 6.56. The Labute approximate surface area is 201 Å². The summed E-state index contributed by atoms with van der Waals surface area (Å²) in [5, 5.41) is 5.53. The number of benzene rings is 2. The molecule has 2 aromatic carbocycles. The van der Waals surface area contributed by atoms with Gasteiger partial charge in [0.2, 0.25) is 0 Å². The number of nitrogens with one attached hydrogen (secondary N) is 1. The lowest BCUT2D eigenvalue weighted by Crippen LogP contribution is -2.38. The van der Waals surface area contributed by atoms with Crippen LogP contribution in [-0.2, 0) is 4.79 Å². The van der Waals surface area contributed by atoms with Gasteiger partial charge in [0, 0.05) is 34.0 Å². The van der Waals surface area contributed by atoms with E-state index in [1.807, 2.05) is 84.2 Å². The number of hydrogen-bond donors (Lipinski definition) is 1. The molecule has 0 fully saturated rings. The van der Waals surface area contributed by atoms with Crippen LogP contribution in [-0.4, -0.2) is 11.7 Å². The van der Waals surface area contributed by atoms with Crippen LogP contribution in [0.3, 0.4) is 0 Å². The number of Topliss-reactive ketones (excluding diaryl/α,β-unsaturated/α-hetero) is 1. The molecule has 2 atom stereocenters. The predicted molar refractivity (Wildman–Crippen MR) is 133 cm³/mol. The summed E-state index contributed by atoms with van der Waals surface area (Å²) in [4.78, 5) is 30.5. The third kappa shape index (κ3) is 3.47. The Morgan fingerprint density at radius 2 is 1.76 bits per heavy atom. The molecule has 1 N–H and O–H groups in total. The second-order valence-electron chi connectivity index (χ2n) is 8.54. The van der Waals surface area contributed by atoms with Gasteiger partial charge >= 0.3 is 0 Å². The molecule has 34 heavy (non-hydrogen) atoms. The number of hydrogen-bond acceptors (Lipinski definition) is 5. The average Bonchev–Trinajstić information content (AvgIpc) is 3.57. The lowest BCUT2D eigenvalue weighted by molar-refractivity contribution is -0.116. The minimum absolute atomic E-state index is 0.0345. The summed E-state index contributed by atoms with van der Waals surface area (Å²) < 4.78 is 5.65. The van der Waals surface area contributed by atoms with Crippen molar-refractivity contribution in [3.8, 4) is 0 Å². The van der Waals surface area contributed by atoms with Crippen molar-refractivity contribution in [1.82, 2.24) is 0 Å². The van der Waals surface area contributed by atoms with Crippen LogP contribution >= 0.6 is 11.3 Å². The molecule has 0 saturated carbocycles. The van der Waals surface area contributed by atoms with Crippen LogP contribution in [0.1, 0.15) is 45.8 Å². The largest absolute Gasteiger partial charge is 0.469 e. The zero-order chi connectivity index (χ0) is 23.1. The molecule has 0 bridgehead atoms. The van der Waals surface area contributed by atoms with E-state index in [4.69, 9.17) is 4.42 Å². The molecule has 1 aliphatic carbocycles. The summed E-state index contributed by atoms with van der Waals surface area (Å²) in [6.45, 7) is 0. The van der Waals surface area contributed by atoms with Gasteiger partial charge in [-0.25, -0.2) is 0 Å². The number of nitrogens with zero attached hydrogens (tertiary/aromatic N) is 1. The van der Waals surface area contributed by atoms with Crippen LogP contribution in [0.2, 0.25) is 0 Å². The number of anilines is 2. The Kier molecular flexibility index (Phi) is 5.15. The van der Waals surface area contributed by atoms with Crippen LogP contribution in [0.5, 0.6) is 0 Å². The molecular weight excluding hydrogens is 444 g/mol. The van der Waals surface area contributed by atoms with E-state index < -0.39 is 6.04 Å². The van der Waals surface area contributed by atoms with Gasteiger partial charge in [0.05, 0.1) is 17.6 Å². The zero-order valence-electron chi connectivity index (χ0n) is 18.3. The lowest BCUT2D eigenvalue weighted by Gasteiger charge is -2.34. The number of carbonyl (C=O) groups is 2. The highest BCUT2D eigenvalue weighted by atomic mass is 32.1. The lowest BCUT2D eigenvalue weighted by atomic mass is 9.81. The molecule has 2 aliphatic rings. The van der Waals surface area contributed by atoms with Crippen molar-refractivity contribution >= 4 is 34.4 Å². The minimum Gasteiger partial charge on any atom is -0.469 e. The third-order valence-electron chi connectivity index (χ3n) is 6.49. The van der Waals surface area contributed by atoms with Crippen molar-refractivity contribution < 1.29 is 14.0 Å². The molecule has 0 radical (unpaired) electrons. The molecule has 2 aromatic heterocycles. The summed E-state index contributed by atoms with van der Waals surface area (Å²) in [5.41, 5.74) is 3.66. The summed E-state index contributed by atoms with van der Waals surface area (Å²) in [6, 6.07) is 24.3. The smallest absolute Gasteiger partial charge is 0.259 e. The van der Waals surface area contributed by atoms with Crippen LogP contribution in [0.25, 0.3) is 0 Å². The minimum atomic E-state index is -0.510. The Morgan fingerprint density at radius 1 is 0.941 bits per heavy atom. The highest BCUT2D eigenvalue weighted by Crippen LogP contribution is 2.48. The van der Waals surface area contributed by atoms with Gasteiger partial charge in [-0.3, -0.25) is 14.5 Å². The normalized spacial score (nSPS) is 19.8. The summed E-state index contributed by atoms with van der Waals surface area (Å²) in [7, 11) is 0. The fourth-order valence-corrected chi connectivity index (χ4v) is 5.80. The maximum Gasteiger partial charge on any atom is 0.259 e. The number of allylic oxidation sites excluding steroid dienone is 1. The Hall–Kier alpha value is -3.90. The molecule has 0 unspecified atom stereocenters. The molecule has 1 aliphatic heterocycles. The van der Waals surface area contributed by atoms with Gasteiger partial charge < -0.3 is 9.73 Å². The number of thiophene rings is 1. The zero-order valence-corrected chi connectivity index (χ0v) is 19.1. The van der Waals surface area contributed by atoms with E-state index in [9.17, 15) is 9.59 Å². The van der Waals surface area contributed by atoms with E-state index in [2.05, 4.69) is 5.32 Å². The highest BCUT2D eigenvalue weighted by molar-refractivity contribution is 7.10. The number of furan rings is 1. The van der Waals surface area contributed by atoms with Crippen molar-refractivity contribution in [3.63, 3.8) is 0 Å². The van der Waals surface area contributed by atoms with Crippen molar-refractivity contribution in [2.45, 2.75) is 24.8 Å². The summed E-state index contributed by atoms with van der Waals surface area (Å²) in [5.74, 6) is 0.667. The summed E-state index contributed by atoms with van der Waals surface area (Å²) in [6.07, 6.45) is 2.63. The Bertz CT molecular complexity index is 1370. The first-order valence-electron chi connectivity index (χ1n) is 11.3. The van der Waals surface area contributed by atoms with Gasteiger partial charge in [0.1, 0.15) is 11.8 Å². The number of carbonyl (C=O) groups excluding carboxylic acids is 2. The Balaban J connectivity index is 1.56. The van der Waals surface area contributed by atoms with Gasteiger partial charge in [-0.1, -0.05) is 36.4 Å². The number of para-hydroxylation sites is 2. The van der Waals surface area contributed by atoms with E-state index in [-0.39, 0.29) is 17.6 Å². The molecule has 0 spiro atoms. The average molecular weight is 467 g/mol. The van der Waals surface area contributed by atoms with Crippen LogP contribution in [0.4, 0.5) is 11.4 Å². The quantitative estimate of drug-likeness (QED) is 0.372. The van der Waals surface area contributed by atoms with Gasteiger partial charge in [0.15, 0.2) is 5.78 Å². The first kappa shape index (κ1) is 20.7. The fraction of sp³-hybridized carbons (Fsp3) is 0.143. The van der Waals surface area contributed by atoms with Crippen LogP contribution in [0.15, 0.2) is 106 Å². The van der Waals surface area contributed by atoms with Crippen molar-refractivity contribution in [1.29, 1.82) is 0 Å². The van der Waals surface area contributed by atoms with E-state index in [1.54, 1.807) is 22.5 Å². The van der Waals surface area contributed by atoms with Crippen molar-refractivity contribution in [2.24, 2.45) is 0 Å². The first-order valence-corrected chi connectivity index (χ1v) is 12.2.